The van der Waals surface area contributed by atoms with Crippen molar-refractivity contribution in [1.82, 2.24) is 19.4 Å². The van der Waals surface area contributed by atoms with Crippen molar-refractivity contribution in [1.29, 1.82) is 0 Å². The van der Waals surface area contributed by atoms with E-state index >= 15 is 0 Å². The lowest BCUT2D eigenvalue weighted by atomic mass is 9.96. The first-order chi connectivity index (χ1) is 20.1. The Balaban J connectivity index is 1.65. The highest BCUT2D eigenvalue weighted by atomic mass is 35.5. The quantitative estimate of drug-likeness (QED) is 0.219. The van der Waals surface area contributed by atoms with Crippen LogP contribution in [0.3, 0.4) is 0 Å². The van der Waals surface area contributed by atoms with Crippen molar-refractivity contribution in [2.45, 2.75) is 19.6 Å². The van der Waals surface area contributed by atoms with Gasteiger partial charge in [0.05, 0.1) is 30.5 Å². The van der Waals surface area contributed by atoms with Crippen LogP contribution in [0.4, 0.5) is 5.69 Å². The lowest BCUT2D eigenvalue weighted by molar-refractivity contribution is 0.0941. The second-order valence-electron chi connectivity index (χ2n) is 9.73. The molecule has 1 amide bonds. The van der Waals surface area contributed by atoms with Crippen molar-refractivity contribution in [2.24, 2.45) is 14.1 Å². The van der Waals surface area contributed by atoms with Gasteiger partial charge in [0.1, 0.15) is 5.56 Å². The maximum absolute atomic E-state index is 13.0. The van der Waals surface area contributed by atoms with E-state index in [1.165, 1.54) is 32.0 Å². The normalized spacial score (nSPS) is 11.8. The minimum Gasteiger partial charge on any atom is -0.481 e. The monoisotopic (exact) mass is 593 g/mol. The smallest absolute Gasteiger partial charge is 0.330 e. The van der Waals surface area contributed by atoms with Crippen LogP contribution in [-0.2, 0) is 20.6 Å². The first-order valence-corrected chi connectivity index (χ1v) is 13.5. The number of nitrogens with one attached hydrogen (secondary N) is 2. The van der Waals surface area contributed by atoms with E-state index in [0.29, 0.717) is 40.0 Å². The summed E-state index contributed by atoms with van der Waals surface area (Å²) in [6, 6.07) is 14.6. The van der Waals surface area contributed by atoms with Crippen LogP contribution in [0.5, 0.6) is 5.88 Å². The fourth-order valence-corrected chi connectivity index (χ4v) is 4.85. The summed E-state index contributed by atoms with van der Waals surface area (Å²) < 4.78 is 7.56. The number of benzene rings is 2. The molecule has 0 spiro atoms. The molecule has 4 rings (SSSR count). The van der Waals surface area contributed by atoms with Crippen molar-refractivity contribution in [3.8, 4) is 28.3 Å². The van der Waals surface area contributed by atoms with Crippen molar-refractivity contribution in [3.05, 3.63) is 97.3 Å². The van der Waals surface area contributed by atoms with Crippen molar-refractivity contribution in [3.63, 3.8) is 0 Å². The topological polar surface area (TPSA) is 148 Å². The molecule has 11 nitrogen and oxygen atoms in total. The Morgan fingerprint density at radius 1 is 1.07 bits per heavy atom. The van der Waals surface area contributed by atoms with E-state index in [-0.39, 0.29) is 18.7 Å². The number of methoxy groups -OCH3 is 1. The third kappa shape index (κ3) is 6.29. The number of hydrogen-bond donors (Lipinski definition) is 4. The van der Waals surface area contributed by atoms with Crippen molar-refractivity contribution < 1.29 is 19.7 Å². The number of carbonyl (C=O) groups is 1. The summed E-state index contributed by atoms with van der Waals surface area (Å²) in [7, 11) is 4.31. The number of amides is 1. The van der Waals surface area contributed by atoms with Crippen LogP contribution < -0.4 is 26.6 Å². The fraction of sp³-hybridized carbons (Fsp3) is 0.267. The third-order valence-electron chi connectivity index (χ3n) is 6.88. The molecule has 0 aliphatic carbocycles. The highest BCUT2D eigenvalue weighted by Gasteiger charge is 2.19. The van der Waals surface area contributed by atoms with E-state index in [2.05, 4.69) is 15.6 Å². The molecule has 0 unspecified atom stereocenters. The van der Waals surface area contributed by atoms with Gasteiger partial charge in [-0.1, -0.05) is 48.0 Å². The van der Waals surface area contributed by atoms with Gasteiger partial charge >= 0.3 is 5.69 Å². The number of halogens is 1. The van der Waals surface area contributed by atoms with Gasteiger partial charge in [0.25, 0.3) is 11.5 Å². The third-order valence-corrected chi connectivity index (χ3v) is 7.28. The molecule has 0 saturated carbocycles. The lowest BCUT2D eigenvalue weighted by Crippen LogP contribution is -2.40. The number of anilines is 1. The summed E-state index contributed by atoms with van der Waals surface area (Å²) in [5.41, 5.74) is 3.35. The second-order valence-corrected chi connectivity index (χ2v) is 10.1. The number of pyridine rings is 1. The van der Waals surface area contributed by atoms with E-state index in [1.807, 2.05) is 43.3 Å². The maximum atomic E-state index is 13.0. The van der Waals surface area contributed by atoms with Crippen LogP contribution in [0, 0.1) is 6.92 Å². The Labute approximate surface area is 247 Å². The summed E-state index contributed by atoms with van der Waals surface area (Å²) in [5, 5.41) is 24.9. The largest absolute Gasteiger partial charge is 0.481 e. The average Bonchev–Trinajstić information content (AvgIpc) is 2.99. The number of aryl methyl sites for hydroxylation is 1. The lowest BCUT2D eigenvalue weighted by Gasteiger charge is -2.16. The molecular weight excluding hydrogens is 562 g/mol. The molecule has 2 aromatic heterocycles. The van der Waals surface area contributed by atoms with E-state index in [4.69, 9.17) is 21.4 Å². The number of rotatable bonds is 10. The Bertz CT molecular complexity index is 1750. The fourth-order valence-electron chi connectivity index (χ4n) is 4.52. The SMILES string of the molecule is COc1nc(-c2cccc(-c3cccc(NC(=O)c4cn(C)c(=O)n(C)c4=O)c3C)c2Cl)ccc1CNC[C@@H](O)CO. The molecule has 12 heteroatoms. The van der Waals surface area contributed by atoms with Crippen LogP contribution in [-0.4, -0.2) is 56.6 Å². The van der Waals surface area contributed by atoms with Crippen LogP contribution in [0.1, 0.15) is 21.5 Å². The van der Waals surface area contributed by atoms with Gasteiger partial charge in [-0.2, -0.15) is 0 Å². The number of aliphatic hydroxyl groups is 2. The molecule has 0 radical (unpaired) electrons. The summed E-state index contributed by atoms with van der Waals surface area (Å²) >= 11 is 6.94. The second kappa shape index (κ2) is 13.1. The Morgan fingerprint density at radius 2 is 1.76 bits per heavy atom. The van der Waals surface area contributed by atoms with Crippen LogP contribution in [0.25, 0.3) is 22.4 Å². The first-order valence-electron chi connectivity index (χ1n) is 13.1. The van der Waals surface area contributed by atoms with Crippen LogP contribution >= 0.6 is 11.6 Å². The molecule has 0 saturated heterocycles. The first kappa shape index (κ1) is 30.7. The zero-order valence-corrected chi connectivity index (χ0v) is 24.4. The molecule has 220 valence electrons. The van der Waals surface area contributed by atoms with Gasteiger partial charge in [-0.05, 0) is 30.2 Å². The Morgan fingerprint density at radius 3 is 2.48 bits per heavy atom. The number of hydrogen-bond acceptors (Lipinski definition) is 8. The minimum absolute atomic E-state index is 0.160. The summed E-state index contributed by atoms with van der Waals surface area (Å²) in [5.74, 6) is -0.242. The Hall–Kier alpha value is -4.29. The summed E-state index contributed by atoms with van der Waals surface area (Å²) in [6.07, 6.45) is 0.363. The summed E-state index contributed by atoms with van der Waals surface area (Å²) in [6.45, 7) is 2.10. The van der Waals surface area contributed by atoms with Crippen molar-refractivity contribution >= 4 is 23.2 Å². The number of aromatic nitrogens is 3. The number of aliphatic hydroxyl groups excluding tert-OH is 2. The van der Waals surface area contributed by atoms with Gasteiger partial charge < -0.3 is 30.2 Å². The standard InChI is InChI=1S/C30H32ClN5O6/c1-17-20(7-6-10-24(17)33-27(39)23-15-35(2)30(41)36(3)29(23)40)21-8-5-9-22(26(21)31)25-12-11-18(28(34-25)42-4)13-32-14-19(38)16-37/h5-12,15,19,32,37-38H,13-14,16H2,1-4H3,(H,33,39)/t19-/m1/s1. The highest BCUT2D eigenvalue weighted by Crippen LogP contribution is 2.39. The number of nitrogens with zero attached hydrogens (tertiary/aromatic N) is 3. The van der Waals surface area contributed by atoms with Gasteiger partial charge in [0.15, 0.2) is 0 Å². The molecule has 4 N–H and O–H groups in total. The molecular formula is C30H32ClN5O6. The van der Waals surface area contributed by atoms with Crippen LogP contribution in [0.2, 0.25) is 5.02 Å². The predicted octanol–water partition coefficient (Wildman–Crippen LogP) is 2.48. The van der Waals surface area contributed by atoms with E-state index in [0.717, 1.165) is 21.3 Å². The van der Waals surface area contributed by atoms with Crippen LogP contribution in [0.15, 0.2) is 64.3 Å². The molecule has 4 aromatic rings. The van der Waals surface area contributed by atoms with Gasteiger partial charge in [-0.15, -0.1) is 0 Å². The number of ether oxygens (including phenoxy) is 1. The molecule has 0 fully saturated rings. The van der Waals surface area contributed by atoms with E-state index in [1.54, 1.807) is 12.1 Å². The molecule has 1 atom stereocenters. The molecule has 2 heterocycles. The minimum atomic E-state index is -0.860. The zero-order valence-electron chi connectivity index (χ0n) is 23.6. The van der Waals surface area contributed by atoms with Crippen molar-refractivity contribution in [2.75, 3.05) is 25.6 Å². The maximum Gasteiger partial charge on any atom is 0.330 e. The highest BCUT2D eigenvalue weighted by molar-refractivity contribution is 6.36. The number of carbonyl (C=O) groups excluding carboxylic acids is 1. The molecule has 42 heavy (non-hydrogen) atoms. The van der Waals surface area contributed by atoms with Gasteiger partial charge in [0, 0.05) is 55.8 Å². The molecule has 0 aliphatic heterocycles. The summed E-state index contributed by atoms with van der Waals surface area (Å²) in [4.78, 5) is 42.3. The zero-order chi connectivity index (χ0) is 30.6. The van der Waals surface area contributed by atoms with Gasteiger partial charge in [-0.25, -0.2) is 9.78 Å². The molecule has 0 aliphatic rings. The predicted molar refractivity (Wildman–Crippen MR) is 161 cm³/mol. The molecule has 0 bridgehead atoms. The molecule has 2 aromatic carbocycles. The Kier molecular flexibility index (Phi) is 9.59. The average molecular weight is 594 g/mol. The van der Waals surface area contributed by atoms with E-state index < -0.39 is 23.3 Å². The van der Waals surface area contributed by atoms with Gasteiger partial charge in [0.2, 0.25) is 5.88 Å². The van der Waals surface area contributed by atoms with E-state index in [9.17, 15) is 19.5 Å². The van der Waals surface area contributed by atoms with Gasteiger partial charge in [-0.3, -0.25) is 14.2 Å².